The third-order valence-electron chi connectivity index (χ3n) is 20.0. The Labute approximate surface area is 436 Å². The summed E-state index contributed by atoms with van der Waals surface area (Å²) >= 11 is 6.16. The fourth-order valence-electron chi connectivity index (χ4n) is 15.6. The Bertz CT molecular complexity index is 2570. The first kappa shape index (κ1) is 54.7. The molecule has 0 unspecified atom stereocenters. The van der Waals surface area contributed by atoms with E-state index in [1.54, 1.807) is 45.2 Å². The quantitative estimate of drug-likeness (QED) is 0.113. The van der Waals surface area contributed by atoms with E-state index < -0.39 is 52.2 Å². The van der Waals surface area contributed by atoms with Gasteiger partial charge in [-0.2, -0.15) is 9.78 Å². The van der Waals surface area contributed by atoms with Gasteiger partial charge in [0.15, 0.2) is 5.78 Å². The number of carbonyl (C=O) groups excluding carboxylic acids is 5. The lowest BCUT2D eigenvalue weighted by molar-refractivity contribution is -0.235. The lowest BCUT2D eigenvalue weighted by atomic mass is 9.33. The number of aromatic nitrogens is 2. The van der Waals surface area contributed by atoms with Crippen molar-refractivity contribution in [1.82, 2.24) is 20.4 Å². The molecule has 0 radical (unpaired) electrons. The zero-order chi connectivity index (χ0) is 53.4. The van der Waals surface area contributed by atoms with Gasteiger partial charge in [-0.15, -0.1) is 0 Å². The van der Waals surface area contributed by atoms with E-state index in [4.69, 9.17) is 30.5 Å². The minimum atomic E-state index is -1.51. The summed E-state index contributed by atoms with van der Waals surface area (Å²) in [5.74, 6) is -2.62. The highest BCUT2D eigenvalue weighted by atomic mass is 35.5. The molecule has 5 fully saturated rings. The van der Waals surface area contributed by atoms with Gasteiger partial charge in [0.25, 0.3) is 5.91 Å². The molecule has 1 aromatic carbocycles. The number of benzene rings is 1. The minimum Gasteiger partial charge on any atom is -0.481 e. The average Bonchev–Trinajstić information content (AvgIpc) is 3.88. The zero-order valence-corrected chi connectivity index (χ0v) is 45.9. The predicted molar refractivity (Wildman–Crippen MR) is 274 cm³/mol. The summed E-state index contributed by atoms with van der Waals surface area (Å²) in [6.45, 7) is 23.8. The molecule has 15 nitrogen and oxygen atoms in total. The smallest absolute Gasteiger partial charge is 0.435 e. The monoisotopic (exact) mass is 1030 g/mol. The number of carboxylic acid groups (broad SMARTS) is 1. The van der Waals surface area contributed by atoms with Crippen LogP contribution in [0.4, 0.5) is 4.79 Å². The fraction of sp³-hybridized carbons (Fsp3) is 0.702. The molecule has 5 saturated carbocycles. The van der Waals surface area contributed by atoms with Crippen molar-refractivity contribution in [3.8, 4) is 11.3 Å². The Morgan fingerprint density at radius 2 is 1.53 bits per heavy atom. The van der Waals surface area contributed by atoms with Crippen LogP contribution >= 0.6 is 11.6 Å². The topological polar surface area (TPSA) is 201 Å². The number of Topliss-reactive ketones (excluding diaryl/α,β-unsaturated/α-hetero) is 1. The Balaban J connectivity index is 1.01. The second-order valence-corrected chi connectivity index (χ2v) is 25.6. The maximum absolute atomic E-state index is 14.9. The van der Waals surface area contributed by atoms with E-state index in [0.717, 1.165) is 60.8 Å². The number of carbonyl (C=O) groups is 6. The highest BCUT2D eigenvalue weighted by Gasteiger charge is 2.71. The third kappa shape index (κ3) is 9.16. The molecule has 0 bridgehead atoms. The van der Waals surface area contributed by atoms with Crippen molar-refractivity contribution in [3.63, 3.8) is 0 Å². The molecule has 1 heterocycles. The van der Waals surface area contributed by atoms with E-state index in [2.05, 4.69) is 64.2 Å². The van der Waals surface area contributed by atoms with Crippen LogP contribution in [-0.2, 0) is 38.1 Å². The van der Waals surface area contributed by atoms with Gasteiger partial charge >= 0.3 is 18.0 Å². The molecule has 2 amide bonds. The molecule has 6 aliphatic carbocycles. The van der Waals surface area contributed by atoms with E-state index in [-0.39, 0.29) is 76.7 Å². The highest BCUT2D eigenvalue weighted by molar-refractivity contribution is 6.30. The molecule has 8 rings (SSSR count). The van der Waals surface area contributed by atoms with E-state index in [1.165, 1.54) is 6.07 Å². The molecule has 1 aromatic heterocycles. The van der Waals surface area contributed by atoms with Crippen LogP contribution in [0.25, 0.3) is 11.3 Å². The summed E-state index contributed by atoms with van der Waals surface area (Å²) in [7, 11) is 1.56. The third-order valence-corrected chi connectivity index (χ3v) is 20.2. The summed E-state index contributed by atoms with van der Waals surface area (Å²) in [6, 6.07) is 8.27. The molecule has 2 aromatic rings. The van der Waals surface area contributed by atoms with Gasteiger partial charge in [-0.25, -0.2) is 4.79 Å². The minimum absolute atomic E-state index is 0.0345. The summed E-state index contributed by atoms with van der Waals surface area (Å²) in [5, 5.41) is 21.0. The molecule has 16 heteroatoms. The number of halogens is 1. The molecule has 10 atom stereocenters. The maximum Gasteiger partial charge on any atom is 0.435 e. The molecule has 0 aliphatic heterocycles. The van der Waals surface area contributed by atoms with Crippen LogP contribution in [0.5, 0.6) is 0 Å². The van der Waals surface area contributed by atoms with Gasteiger partial charge in [-0.05, 0) is 146 Å². The number of carboxylic acids is 1. The molecule has 400 valence electrons. The number of hydrogen-bond acceptors (Lipinski definition) is 11. The van der Waals surface area contributed by atoms with E-state index in [0.29, 0.717) is 54.2 Å². The number of ether oxygens (including phenoxy) is 4. The van der Waals surface area contributed by atoms with Gasteiger partial charge in [0.1, 0.15) is 23.9 Å². The number of nitrogens with zero attached hydrogens (tertiary/aromatic N) is 2. The number of amides is 2. The van der Waals surface area contributed by atoms with Crippen LogP contribution < -0.4 is 10.6 Å². The van der Waals surface area contributed by atoms with Gasteiger partial charge < -0.3 is 34.7 Å². The highest BCUT2D eigenvalue weighted by Crippen LogP contribution is 2.76. The second-order valence-electron chi connectivity index (χ2n) is 25.2. The summed E-state index contributed by atoms with van der Waals surface area (Å²) in [5.41, 5.74) is -1.09. The molecular weight excluding hydrogens is 952 g/mol. The van der Waals surface area contributed by atoms with E-state index in [9.17, 15) is 33.9 Å². The van der Waals surface area contributed by atoms with Gasteiger partial charge in [-0.3, -0.25) is 24.0 Å². The number of methoxy groups -OCH3 is 1. The number of allylic oxidation sites excluding steroid dienone is 1. The lowest BCUT2D eigenvalue weighted by Crippen LogP contribution is -2.68. The molecule has 3 N–H and O–H groups in total. The number of rotatable bonds is 15. The zero-order valence-electron chi connectivity index (χ0n) is 45.1. The van der Waals surface area contributed by atoms with Crippen LogP contribution in [-0.4, -0.2) is 101 Å². The number of esters is 1. The number of aliphatic carboxylic acids is 1. The van der Waals surface area contributed by atoms with Crippen LogP contribution in [0, 0.1) is 62.6 Å². The van der Waals surface area contributed by atoms with Crippen molar-refractivity contribution < 1.29 is 52.8 Å². The first-order valence-corrected chi connectivity index (χ1v) is 26.9. The fourth-order valence-corrected chi connectivity index (χ4v) is 15.7. The van der Waals surface area contributed by atoms with Gasteiger partial charge in [0, 0.05) is 29.5 Å². The van der Waals surface area contributed by atoms with Crippen molar-refractivity contribution in [2.24, 2.45) is 62.6 Å². The second kappa shape index (κ2) is 19.5. The van der Waals surface area contributed by atoms with Crippen LogP contribution in [0.3, 0.4) is 0 Å². The van der Waals surface area contributed by atoms with Crippen molar-refractivity contribution in [3.05, 3.63) is 52.2 Å². The van der Waals surface area contributed by atoms with Gasteiger partial charge in [0.05, 0.1) is 42.9 Å². The lowest BCUT2D eigenvalue weighted by Gasteiger charge is -2.72. The molecule has 73 heavy (non-hydrogen) atoms. The van der Waals surface area contributed by atoms with Crippen LogP contribution in [0.1, 0.15) is 151 Å². The number of nitrogens with one attached hydrogen (secondary N) is 2. The number of ketones is 1. The van der Waals surface area contributed by atoms with Crippen LogP contribution in [0.15, 0.2) is 41.5 Å². The Kier molecular flexibility index (Phi) is 14.6. The van der Waals surface area contributed by atoms with Crippen molar-refractivity contribution >= 4 is 47.2 Å². The van der Waals surface area contributed by atoms with Crippen molar-refractivity contribution in [2.75, 3.05) is 33.5 Å². The standard InChI is InChI=1S/C57H79ClN4O11/c1-32(2)44-40(63)31-57(60-49(68)53(7,8)59-46(64)39-30-38(33-13-15-34(58)16-14-33)61-62(39)50(69)72-28-27-71-26-25-70-12)24-23-55(10)35(45(44)57)17-18-42-54(9)21-20-43(52(5,6)41(54)19-22-56(42,55)11)73-48(67)37-29-36(47(65)66)51(37,3)4/h13-16,30,32,35-37,41-43H,17-29,31H2,1-12H3,(H,59,64)(H,60,68)(H,65,66)/t35-,36+,37-,41+,42-,43+,54+,55-,56-,57-/m1/s1. The SMILES string of the molecule is COCCOCCOC(=O)n1nc(-c2ccc(Cl)cc2)cc1C(=O)NC(C)(C)C(=O)N[C@@]12CC[C@]3(C)[C@H](CC[C@@H]4[C@@]5(C)CC[C@H](OC(=O)[C@H]6C[C@@H](C(=O)O)C6(C)C)C(C)(C)[C@@H]5CC[C@]43C)C1=C(C(C)C)C(=O)C2. The normalized spacial score (nSPS) is 33.1. The Hall–Kier alpha value is -4.60. The molecular formula is C57H79ClN4O11. The summed E-state index contributed by atoms with van der Waals surface area (Å²) < 4.78 is 23.2. The number of hydrogen-bond donors (Lipinski definition) is 3. The first-order valence-electron chi connectivity index (χ1n) is 26.6. The van der Waals surface area contributed by atoms with Gasteiger partial charge in [-0.1, -0.05) is 86.0 Å². The predicted octanol–water partition coefficient (Wildman–Crippen LogP) is 9.87. The number of fused-ring (bicyclic) bond motifs is 7. The maximum atomic E-state index is 14.9. The summed E-state index contributed by atoms with van der Waals surface area (Å²) in [4.78, 5) is 82.8. The van der Waals surface area contributed by atoms with Crippen LogP contribution in [0.2, 0.25) is 5.02 Å². The van der Waals surface area contributed by atoms with Gasteiger partial charge in [0.2, 0.25) is 5.91 Å². The molecule has 6 aliphatic rings. The summed E-state index contributed by atoms with van der Waals surface area (Å²) in [6.07, 6.45) is 6.09. The largest absolute Gasteiger partial charge is 0.481 e. The van der Waals surface area contributed by atoms with E-state index >= 15 is 0 Å². The first-order chi connectivity index (χ1) is 34.1. The average molecular weight is 1030 g/mol. The van der Waals surface area contributed by atoms with E-state index in [1.807, 2.05) is 13.8 Å². The van der Waals surface area contributed by atoms with Crippen molar-refractivity contribution in [2.45, 2.75) is 158 Å². The van der Waals surface area contributed by atoms with Crippen molar-refractivity contribution in [1.29, 1.82) is 0 Å². The Morgan fingerprint density at radius 1 is 0.849 bits per heavy atom. The Morgan fingerprint density at radius 3 is 2.18 bits per heavy atom. The molecule has 0 saturated heterocycles. The molecule has 0 spiro atoms.